The van der Waals surface area contributed by atoms with Gasteiger partial charge in [-0.3, -0.25) is 9.69 Å². The maximum atomic E-state index is 14.7. The molecule has 2 aromatic carbocycles. The molecule has 11 heteroatoms. The molecule has 3 atom stereocenters. The van der Waals surface area contributed by atoms with Gasteiger partial charge in [-0.1, -0.05) is 23.7 Å². The number of rotatable bonds is 7. The lowest BCUT2D eigenvalue weighted by atomic mass is 10.1. The van der Waals surface area contributed by atoms with Crippen molar-refractivity contribution in [2.24, 2.45) is 0 Å². The smallest absolute Gasteiger partial charge is 0.185 e. The Morgan fingerprint density at radius 3 is 2.74 bits per heavy atom. The fourth-order valence-electron chi connectivity index (χ4n) is 6.06. The van der Waals surface area contributed by atoms with E-state index in [9.17, 15) is 9.18 Å². The second-order valence-electron chi connectivity index (χ2n) is 11.5. The SMILES string of the molecule is CC(=O)c1ccc2nc(CN3CCN(c4cccc5c4O[C@@H](c4ccc(Cl)cc4F)CO5)C[C@@H]3C)n(C[C@@H]3CCO3)c2n1. The van der Waals surface area contributed by atoms with Gasteiger partial charge in [-0.25, -0.2) is 14.4 Å². The van der Waals surface area contributed by atoms with Gasteiger partial charge in [0.05, 0.1) is 24.9 Å². The Hall–Kier alpha value is -3.73. The van der Waals surface area contributed by atoms with Gasteiger partial charge in [-0.05, 0) is 49.7 Å². The number of benzene rings is 2. The monoisotopic (exact) mass is 605 g/mol. The first-order valence-corrected chi connectivity index (χ1v) is 15.1. The van der Waals surface area contributed by atoms with Gasteiger partial charge in [-0.2, -0.15) is 0 Å². The van der Waals surface area contributed by atoms with Crippen molar-refractivity contribution in [3.63, 3.8) is 0 Å². The Morgan fingerprint density at radius 1 is 1.14 bits per heavy atom. The van der Waals surface area contributed by atoms with Crippen molar-refractivity contribution in [2.75, 3.05) is 37.7 Å². The van der Waals surface area contributed by atoms with Gasteiger partial charge in [0.2, 0.25) is 0 Å². The van der Waals surface area contributed by atoms with E-state index in [0.717, 1.165) is 55.3 Å². The number of ketones is 1. The van der Waals surface area contributed by atoms with Crippen molar-refractivity contribution in [2.45, 2.75) is 51.6 Å². The van der Waals surface area contributed by atoms with Gasteiger partial charge in [0.25, 0.3) is 0 Å². The number of Topliss-reactive ketones (excluding diaryl/α,β-unsaturated/α-hetero) is 1. The van der Waals surface area contributed by atoms with Gasteiger partial charge in [0.1, 0.15) is 29.5 Å². The molecule has 7 rings (SSSR count). The number of nitrogens with zero attached hydrogens (tertiary/aromatic N) is 5. The fraction of sp³-hybridized carbons (Fsp3) is 0.406. The summed E-state index contributed by atoms with van der Waals surface area (Å²) in [6, 6.07) is 14.3. The van der Waals surface area contributed by atoms with E-state index in [1.165, 1.54) is 13.0 Å². The zero-order valence-corrected chi connectivity index (χ0v) is 24.9. The standard InChI is InChI=1S/C32H33ClFN5O4/c1-19-15-38(27-4-3-5-28-31(27)43-29(18-42-28)23-7-6-21(33)14-24(23)34)12-11-37(19)17-30-35-26-9-8-25(20(2)40)36-32(26)39(30)16-22-10-13-41-22/h3-9,14,19,22,29H,10-13,15-18H2,1-2H3/t19-,22-,29+/m0/s1. The number of piperazine rings is 1. The number of aromatic nitrogens is 3. The molecule has 0 aliphatic carbocycles. The summed E-state index contributed by atoms with van der Waals surface area (Å²) < 4.78 is 35.0. The molecular weight excluding hydrogens is 573 g/mol. The highest BCUT2D eigenvalue weighted by Crippen LogP contribution is 2.44. The highest BCUT2D eigenvalue weighted by molar-refractivity contribution is 6.30. The van der Waals surface area contributed by atoms with Gasteiger partial charge >= 0.3 is 0 Å². The number of hydrogen-bond acceptors (Lipinski definition) is 8. The molecule has 224 valence electrons. The highest BCUT2D eigenvalue weighted by atomic mass is 35.5. The van der Waals surface area contributed by atoms with Crippen LogP contribution in [0.1, 0.15) is 48.2 Å². The van der Waals surface area contributed by atoms with E-state index in [2.05, 4.69) is 26.3 Å². The van der Waals surface area contributed by atoms with Crippen LogP contribution < -0.4 is 14.4 Å². The molecule has 2 aromatic heterocycles. The molecule has 0 bridgehead atoms. The summed E-state index contributed by atoms with van der Waals surface area (Å²) in [6.07, 6.45) is 0.554. The molecule has 3 aliphatic rings. The maximum Gasteiger partial charge on any atom is 0.185 e. The van der Waals surface area contributed by atoms with Crippen LogP contribution in [-0.4, -0.2) is 70.2 Å². The summed E-state index contributed by atoms with van der Waals surface area (Å²) in [5.74, 6) is 1.72. The molecule has 0 unspecified atom stereocenters. The summed E-state index contributed by atoms with van der Waals surface area (Å²) in [4.78, 5) is 26.4. The number of hydrogen-bond donors (Lipinski definition) is 0. The molecule has 5 heterocycles. The van der Waals surface area contributed by atoms with Crippen LogP contribution in [-0.2, 0) is 17.8 Å². The molecule has 0 N–H and O–H groups in total. The van der Waals surface area contributed by atoms with Crippen LogP contribution in [0.2, 0.25) is 5.02 Å². The average molecular weight is 606 g/mol. The Balaban J connectivity index is 1.10. The van der Waals surface area contributed by atoms with Gasteiger partial charge in [0.15, 0.2) is 29.0 Å². The average Bonchev–Trinajstić information content (AvgIpc) is 3.31. The normalized spacial score (nSPS) is 22.0. The first-order valence-electron chi connectivity index (χ1n) is 14.7. The zero-order valence-electron chi connectivity index (χ0n) is 24.1. The lowest BCUT2D eigenvalue weighted by Gasteiger charge is -2.42. The van der Waals surface area contributed by atoms with Crippen molar-refractivity contribution >= 4 is 34.2 Å². The summed E-state index contributed by atoms with van der Waals surface area (Å²) in [5.41, 5.74) is 3.30. The number of halogens is 2. The number of pyridine rings is 1. The maximum absolute atomic E-state index is 14.7. The first-order chi connectivity index (χ1) is 20.8. The number of imidazole rings is 1. The zero-order chi connectivity index (χ0) is 29.7. The Morgan fingerprint density at radius 2 is 2.00 bits per heavy atom. The van der Waals surface area contributed by atoms with Crippen LogP contribution in [0.25, 0.3) is 11.2 Å². The van der Waals surface area contributed by atoms with Crippen molar-refractivity contribution in [3.05, 3.63) is 76.5 Å². The molecule has 43 heavy (non-hydrogen) atoms. The molecule has 0 radical (unpaired) electrons. The van der Waals surface area contributed by atoms with E-state index >= 15 is 0 Å². The molecule has 2 fully saturated rings. The first kappa shape index (κ1) is 28.1. The molecular formula is C32H33ClFN5O4. The molecule has 0 spiro atoms. The topological polar surface area (TPSA) is 82.0 Å². The largest absolute Gasteiger partial charge is 0.485 e. The van der Waals surface area contributed by atoms with Gasteiger partial charge in [0, 0.05) is 49.8 Å². The Labute approximate surface area is 254 Å². The molecule has 0 saturated carbocycles. The molecule has 9 nitrogen and oxygen atoms in total. The molecule has 0 amide bonds. The van der Waals surface area contributed by atoms with Crippen LogP contribution in [0.4, 0.5) is 10.1 Å². The molecule has 4 aromatic rings. The predicted molar refractivity (Wildman–Crippen MR) is 161 cm³/mol. The minimum atomic E-state index is -0.575. The second-order valence-corrected chi connectivity index (χ2v) is 11.9. The second kappa shape index (κ2) is 11.4. The molecule has 3 aliphatic heterocycles. The van der Waals surface area contributed by atoms with Gasteiger partial charge in [-0.15, -0.1) is 0 Å². The van der Waals surface area contributed by atoms with E-state index in [-0.39, 0.29) is 24.5 Å². The summed E-state index contributed by atoms with van der Waals surface area (Å²) >= 11 is 5.97. The van der Waals surface area contributed by atoms with E-state index in [1.54, 1.807) is 18.2 Å². The predicted octanol–water partition coefficient (Wildman–Crippen LogP) is 5.44. The number of anilines is 1. The Bertz CT molecular complexity index is 1690. The fourth-order valence-corrected chi connectivity index (χ4v) is 6.22. The third-order valence-electron chi connectivity index (χ3n) is 8.58. The number of carbonyl (C=O) groups excluding carboxylic acids is 1. The number of carbonyl (C=O) groups is 1. The van der Waals surface area contributed by atoms with E-state index < -0.39 is 11.9 Å². The van der Waals surface area contributed by atoms with Crippen LogP contribution >= 0.6 is 11.6 Å². The third kappa shape index (κ3) is 5.43. The molecule has 2 saturated heterocycles. The van der Waals surface area contributed by atoms with Crippen molar-refractivity contribution in [1.29, 1.82) is 0 Å². The summed E-state index contributed by atoms with van der Waals surface area (Å²) in [7, 11) is 0. The highest BCUT2D eigenvalue weighted by Gasteiger charge is 2.32. The van der Waals surface area contributed by atoms with Crippen molar-refractivity contribution in [3.8, 4) is 11.5 Å². The summed E-state index contributed by atoms with van der Waals surface area (Å²) in [6.45, 7) is 8.37. The van der Waals surface area contributed by atoms with Crippen LogP contribution in [0, 0.1) is 5.82 Å². The number of ether oxygens (including phenoxy) is 3. The van der Waals surface area contributed by atoms with Gasteiger partial charge < -0.3 is 23.7 Å². The van der Waals surface area contributed by atoms with E-state index in [1.807, 2.05) is 24.3 Å². The summed E-state index contributed by atoms with van der Waals surface area (Å²) in [5, 5.41) is 0.343. The van der Waals surface area contributed by atoms with Crippen LogP contribution in [0.15, 0.2) is 48.5 Å². The van der Waals surface area contributed by atoms with E-state index in [4.69, 9.17) is 30.8 Å². The quantitative estimate of drug-likeness (QED) is 0.258. The minimum Gasteiger partial charge on any atom is -0.485 e. The van der Waals surface area contributed by atoms with Crippen LogP contribution in [0.5, 0.6) is 11.5 Å². The lowest BCUT2D eigenvalue weighted by Crippen LogP contribution is -2.52. The van der Waals surface area contributed by atoms with Crippen molar-refractivity contribution < 1.29 is 23.4 Å². The number of para-hydroxylation sites is 1. The van der Waals surface area contributed by atoms with E-state index in [0.29, 0.717) is 40.9 Å². The Kier molecular flexibility index (Phi) is 7.44. The van der Waals surface area contributed by atoms with Crippen molar-refractivity contribution in [1.82, 2.24) is 19.4 Å². The third-order valence-corrected chi connectivity index (χ3v) is 8.81. The minimum absolute atomic E-state index is 0.0667. The number of fused-ring (bicyclic) bond motifs is 2. The lowest BCUT2D eigenvalue weighted by molar-refractivity contribution is -0.0593. The van der Waals surface area contributed by atoms with Crippen LogP contribution in [0.3, 0.4) is 0 Å².